The Balaban J connectivity index is 1.97. The number of ether oxygens (including phenoxy) is 1. The predicted molar refractivity (Wildman–Crippen MR) is 127 cm³/mol. The molecule has 0 atom stereocenters. The summed E-state index contributed by atoms with van der Waals surface area (Å²) < 4.78 is 7.08. The summed E-state index contributed by atoms with van der Waals surface area (Å²) in [6.45, 7) is 5.96. The molecule has 0 spiro atoms. The molecule has 6 nitrogen and oxygen atoms in total. The van der Waals surface area contributed by atoms with Crippen LogP contribution in [-0.2, 0) is 16.0 Å². The smallest absolute Gasteiger partial charge is 0.306 e. The van der Waals surface area contributed by atoms with E-state index in [1.54, 1.807) is 6.92 Å². The average molecular weight is 447 g/mol. The molecule has 2 aromatic carbocycles. The van der Waals surface area contributed by atoms with E-state index in [-0.39, 0.29) is 12.4 Å². The van der Waals surface area contributed by atoms with Gasteiger partial charge in [-0.2, -0.15) is 5.26 Å². The summed E-state index contributed by atoms with van der Waals surface area (Å²) in [4.78, 5) is 16.8. The molecular formula is C25H23ClN4O2. The van der Waals surface area contributed by atoms with E-state index < -0.39 is 0 Å². The van der Waals surface area contributed by atoms with E-state index >= 15 is 0 Å². The number of anilines is 2. The Morgan fingerprint density at radius 2 is 2.03 bits per heavy atom. The molecule has 0 fully saturated rings. The first kappa shape index (κ1) is 21.7. The quantitative estimate of drug-likeness (QED) is 0.375. The average Bonchev–Trinajstić information content (AvgIpc) is 3.15. The van der Waals surface area contributed by atoms with Crippen molar-refractivity contribution in [2.45, 2.75) is 33.6 Å². The zero-order valence-electron chi connectivity index (χ0n) is 18.2. The van der Waals surface area contributed by atoms with Crippen molar-refractivity contribution in [1.82, 2.24) is 9.38 Å². The fourth-order valence-corrected chi connectivity index (χ4v) is 4.07. The number of hydrogen-bond donors (Lipinski definition) is 1. The van der Waals surface area contributed by atoms with Gasteiger partial charge >= 0.3 is 5.97 Å². The third-order valence-electron chi connectivity index (χ3n) is 5.55. The molecule has 0 amide bonds. The van der Waals surface area contributed by atoms with Crippen molar-refractivity contribution in [3.63, 3.8) is 0 Å². The summed E-state index contributed by atoms with van der Waals surface area (Å²) in [5.41, 5.74) is 6.17. The normalized spacial score (nSPS) is 11.0. The molecule has 0 aliphatic heterocycles. The van der Waals surface area contributed by atoms with Crippen molar-refractivity contribution < 1.29 is 9.53 Å². The molecule has 0 aliphatic carbocycles. The number of nitrogens with one attached hydrogen (secondary N) is 1. The van der Waals surface area contributed by atoms with Gasteiger partial charge in [-0.05, 0) is 68.1 Å². The first-order valence-corrected chi connectivity index (χ1v) is 10.8. The first-order chi connectivity index (χ1) is 15.4. The van der Waals surface area contributed by atoms with Crippen LogP contribution in [0.1, 0.15) is 35.6 Å². The summed E-state index contributed by atoms with van der Waals surface area (Å²) in [6, 6.07) is 15.8. The Bertz CT molecular complexity index is 1380. The van der Waals surface area contributed by atoms with Gasteiger partial charge in [0, 0.05) is 17.1 Å². The van der Waals surface area contributed by atoms with Gasteiger partial charge in [-0.3, -0.25) is 9.20 Å². The third kappa shape index (κ3) is 3.88. The molecule has 0 saturated heterocycles. The van der Waals surface area contributed by atoms with Gasteiger partial charge < -0.3 is 10.1 Å². The Morgan fingerprint density at radius 1 is 1.25 bits per heavy atom. The molecule has 162 valence electrons. The first-order valence-electron chi connectivity index (χ1n) is 10.5. The Morgan fingerprint density at radius 3 is 2.75 bits per heavy atom. The number of imidazole rings is 1. The topological polar surface area (TPSA) is 79.4 Å². The van der Waals surface area contributed by atoms with Crippen LogP contribution in [0.25, 0.3) is 16.7 Å². The second kappa shape index (κ2) is 8.89. The molecule has 0 aliphatic rings. The zero-order valence-corrected chi connectivity index (χ0v) is 19.0. The van der Waals surface area contributed by atoms with Crippen LogP contribution in [-0.4, -0.2) is 22.0 Å². The number of hydrogen-bond acceptors (Lipinski definition) is 5. The molecule has 7 heteroatoms. The highest BCUT2D eigenvalue weighted by Gasteiger charge is 2.21. The van der Waals surface area contributed by atoms with Crippen LogP contribution in [0.15, 0.2) is 42.5 Å². The molecule has 4 rings (SSSR count). The van der Waals surface area contributed by atoms with E-state index in [2.05, 4.69) is 11.4 Å². The number of rotatable bonds is 6. The molecule has 0 unspecified atom stereocenters. The highest BCUT2D eigenvalue weighted by Crippen LogP contribution is 2.34. The Hall–Kier alpha value is -3.56. The maximum atomic E-state index is 12.1. The number of aromatic nitrogens is 2. The minimum absolute atomic E-state index is 0.209. The van der Waals surface area contributed by atoms with Crippen LogP contribution in [0.5, 0.6) is 0 Å². The van der Waals surface area contributed by atoms with E-state index in [1.807, 2.05) is 60.7 Å². The largest absolute Gasteiger partial charge is 0.466 e. The van der Waals surface area contributed by atoms with Crippen LogP contribution in [0.4, 0.5) is 11.5 Å². The number of aryl methyl sites for hydroxylation is 1. The molecule has 0 bridgehead atoms. The lowest BCUT2D eigenvalue weighted by Gasteiger charge is -2.19. The maximum absolute atomic E-state index is 12.1. The molecule has 2 aromatic heterocycles. The second-order valence-electron chi connectivity index (χ2n) is 7.59. The van der Waals surface area contributed by atoms with Gasteiger partial charge in [-0.15, -0.1) is 0 Å². The third-order valence-corrected chi connectivity index (χ3v) is 5.96. The molecule has 0 saturated carbocycles. The number of carbonyl (C=O) groups is 1. The van der Waals surface area contributed by atoms with E-state index in [9.17, 15) is 10.1 Å². The van der Waals surface area contributed by atoms with E-state index in [4.69, 9.17) is 21.3 Å². The van der Waals surface area contributed by atoms with Crippen LogP contribution >= 0.6 is 11.6 Å². The number of pyridine rings is 1. The van der Waals surface area contributed by atoms with Gasteiger partial charge in [-0.1, -0.05) is 29.8 Å². The highest BCUT2D eigenvalue weighted by atomic mass is 35.5. The fraction of sp³-hybridized carbons (Fsp3) is 0.240. The minimum atomic E-state index is -0.273. The fourth-order valence-electron chi connectivity index (χ4n) is 3.89. The summed E-state index contributed by atoms with van der Waals surface area (Å²) in [5.74, 6) is 0.486. The van der Waals surface area contributed by atoms with Crippen LogP contribution < -0.4 is 5.32 Å². The van der Waals surface area contributed by atoms with Crippen molar-refractivity contribution in [3.05, 3.63) is 69.7 Å². The summed E-state index contributed by atoms with van der Waals surface area (Å²) >= 11 is 6.37. The molecule has 0 radical (unpaired) electrons. The number of esters is 1. The summed E-state index contributed by atoms with van der Waals surface area (Å²) in [6.07, 6.45) is 0.630. The van der Waals surface area contributed by atoms with Crippen molar-refractivity contribution in [3.8, 4) is 6.07 Å². The molecule has 1 N–H and O–H groups in total. The monoisotopic (exact) mass is 446 g/mol. The number of para-hydroxylation sites is 2. The molecule has 4 aromatic rings. The summed E-state index contributed by atoms with van der Waals surface area (Å²) in [7, 11) is 0. The van der Waals surface area contributed by atoms with Gasteiger partial charge in [0.25, 0.3) is 0 Å². The van der Waals surface area contributed by atoms with Gasteiger partial charge in [0.1, 0.15) is 11.9 Å². The van der Waals surface area contributed by atoms with Crippen molar-refractivity contribution in [2.75, 3.05) is 11.9 Å². The lowest BCUT2D eigenvalue weighted by molar-refractivity contribution is -0.143. The molecular weight excluding hydrogens is 424 g/mol. The maximum Gasteiger partial charge on any atom is 0.306 e. The Kier molecular flexibility index (Phi) is 6.02. The van der Waals surface area contributed by atoms with Gasteiger partial charge in [0.15, 0.2) is 5.65 Å². The highest BCUT2D eigenvalue weighted by molar-refractivity contribution is 6.31. The van der Waals surface area contributed by atoms with Gasteiger partial charge in [0.05, 0.1) is 23.2 Å². The van der Waals surface area contributed by atoms with Crippen LogP contribution in [0.3, 0.4) is 0 Å². The van der Waals surface area contributed by atoms with Crippen molar-refractivity contribution in [2.24, 2.45) is 0 Å². The predicted octanol–water partition coefficient (Wildman–Crippen LogP) is 5.87. The molecule has 32 heavy (non-hydrogen) atoms. The number of halogens is 1. The number of nitrogens with zero attached hydrogens (tertiary/aromatic N) is 3. The Labute approximate surface area is 191 Å². The second-order valence-corrected chi connectivity index (χ2v) is 8.00. The van der Waals surface area contributed by atoms with Crippen molar-refractivity contribution in [1.29, 1.82) is 5.26 Å². The van der Waals surface area contributed by atoms with E-state index in [1.165, 1.54) is 0 Å². The van der Waals surface area contributed by atoms with Gasteiger partial charge in [0.2, 0.25) is 0 Å². The number of carbonyl (C=O) groups excluding carboxylic acids is 1. The molecule has 2 heterocycles. The SMILES string of the molecule is CCOC(=O)CCc1c(C)c(C#N)c2nc3ccccc3n2c1Nc1ccc(C)c(Cl)c1. The summed E-state index contributed by atoms with van der Waals surface area (Å²) in [5, 5.41) is 14.1. The minimum Gasteiger partial charge on any atom is -0.466 e. The lowest BCUT2D eigenvalue weighted by Crippen LogP contribution is -2.11. The standard InChI is InChI=1S/C25H23ClN4O2/c1-4-32-23(31)12-11-18-16(3)19(14-27)25-29-21-7-5-6-8-22(21)30(25)24(18)28-17-10-9-15(2)20(26)13-17/h5-10,13,28H,4,11-12H2,1-3H3. The lowest BCUT2D eigenvalue weighted by atomic mass is 10.00. The zero-order chi connectivity index (χ0) is 22.8. The van der Waals surface area contributed by atoms with E-state index in [0.29, 0.717) is 29.3 Å². The number of benzene rings is 2. The number of fused-ring (bicyclic) bond motifs is 3. The number of nitriles is 1. The van der Waals surface area contributed by atoms with Gasteiger partial charge in [-0.25, -0.2) is 4.98 Å². The van der Waals surface area contributed by atoms with Crippen LogP contribution in [0, 0.1) is 25.2 Å². The van der Waals surface area contributed by atoms with Crippen molar-refractivity contribution >= 4 is 45.8 Å². The van der Waals surface area contributed by atoms with E-state index in [0.717, 1.165) is 39.2 Å². The van der Waals surface area contributed by atoms with Crippen LogP contribution in [0.2, 0.25) is 5.02 Å².